The normalized spacial score (nSPS) is 11.9. The molecule has 0 saturated carbocycles. The third kappa shape index (κ3) is 2.83. The van der Waals surface area contributed by atoms with Gasteiger partial charge in [0.05, 0.1) is 11.0 Å². The van der Waals surface area contributed by atoms with Crippen molar-refractivity contribution < 1.29 is 10.0 Å². The standard InChI is InChI=1S/C10H15N3O3/c1-7(14)6-12-9-5-3-4-8(11-2)10(9)13(15)16/h3-5,7,11-12,14H,6H2,1-2H3. The highest BCUT2D eigenvalue weighted by molar-refractivity contribution is 5.75. The Kier molecular flexibility index (Phi) is 4.07. The first-order chi connectivity index (χ1) is 7.56. The predicted molar refractivity (Wildman–Crippen MR) is 62.8 cm³/mol. The first-order valence-corrected chi connectivity index (χ1v) is 4.93. The van der Waals surface area contributed by atoms with Crippen LogP contribution in [0.2, 0.25) is 0 Å². The molecule has 0 aromatic heterocycles. The molecular weight excluding hydrogens is 210 g/mol. The topological polar surface area (TPSA) is 87.4 Å². The highest BCUT2D eigenvalue weighted by Gasteiger charge is 2.18. The Morgan fingerprint density at radius 2 is 2.12 bits per heavy atom. The summed E-state index contributed by atoms with van der Waals surface area (Å²) >= 11 is 0. The number of nitro groups is 1. The third-order valence-corrected chi connectivity index (χ3v) is 2.08. The maximum absolute atomic E-state index is 10.9. The van der Waals surface area contributed by atoms with Crippen LogP contribution in [0.4, 0.5) is 17.1 Å². The first kappa shape index (κ1) is 12.3. The smallest absolute Gasteiger partial charge is 0.315 e. The molecule has 1 rings (SSSR count). The molecule has 0 heterocycles. The minimum Gasteiger partial charge on any atom is -0.392 e. The van der Waals surface area contributed by atoms with Gasteiger partial charge in [-0.15, -0.1) is 0 Å². The van der Waals surface area contributed by atoms with Crippen molar-refractivity contribution in [3.05, 3.63) is 28.3 Å². The molecule has 0 bridgehead atoms. The Balaban J connectivity index is 3.02. The van der Waals surface area contributed by atoms with Crippen LogP contribution in [0.1, 0.15) is 6.92 Å². The molecular formula is C10H15N3O3. The predicted octanol–water partition coefficient (Wildman–Crippen LogP) is 1.43. The molecule has 0 amide bonds. The summed E-state index contributed by atoms with van der Waals surface area (Å²) in [5.41, 5.74) is 0.837. The molecule has 1 unspecified atom stereocenters. The molecule has 1 atom stereocenters. The lowest BCUT2D eigenvalue weighted by atomic mass is 10.2. The molecule has 3 N–H and O–H groups in total. The van der Waals surface area contributed by atoms with Crippen molar-refractivity contribution in [3.63, 3.8) is 0 Å². The van der Waals surface area contributed by atoms with Gasteiger partial charge in [0, 0.05) is 13.6 Å². The van der Waals surface area contributed by atoms with E-state index in [1.807, 2.05) is 0 Å². The van der Waals surface area contributed by atoms with Gasteiger partial charge < -0.3 is 15.7 Å². The SMILES string of the molecule is CNc1cccc(NCC(C)O)c1[N+](=O)[O-]. The number of hydrogen-bond acceptors (Lipinski definition) is 5. The monoisotopic (exact) mass is 225 g/mol. The molecule has 0 aliphatic carbocycles. The first-order valence-electron chi connectivity index (χ1n) is 4.93. The van der Waals surface area contributed by atoms with Crippen molar-refractivity contribution in [3.8, 4) is 0 Å². The zero-order valence-electron chi connectivity index (χ0n) is 9.23. The fourth-order valence-corrected chi connectivity index (χ4v) is 1.34. The van der Waals surface area contributed by atoms with E-state index in [-0.39, 0.29) is 12.2 Å². The summed E-state index contributed by atoms with van der Waals surface area (Å²) < 4.78 is 0. The van der Waals surface area contributed by atoms with Gasteiger partial charge in [-0.3, -0.25) is 10.1 Å². The highest BCUT2D eigenvalue weighted by Crippen LogP contribution is 2.32. The molecule has 88 valence electrons. The van der Waals surface area contributed by atoms with E-state index in [0.717, 1.165) is 0 Å². The average molecular weight is 225 g/mol. The van der Waals surface area contributed by atoms with Gasteiger partial charge in [-0.2, -0.15) is 0 Å². The van der Waals surface area contributed by atoms with E-state index in [9.17, 15) is 10.1 Å². The summed E-state index contributed by atoms with van der Waals surface area (Å²) in [6, 6.07) is 4.95. The molecule has 0 aliphatic rings. The van der Waals surface area contributed by atoms with Gasteiger partial charge in [0.1, 0.15) is 11.4 Å². The molecule has 6 heteroatoms. The largest absolute Gasteiger partial charge is 0.392 e. The minimum atomic E-state index is -0.558. The van der Waals surface area contributed by atoms with E-state index in [4.69, 9.17) is 5.11 Å². The molecule has 1 aromatic carbocycles. The molecule has 0 spiro atoms. The van der Waals surface area contributed by atoms with Crippen LogP contribution in [0.3, 0.4) is 0 Å². The average Bonchev–Trinajstić information content (AvgIpc) is 2.25. The van der Waals surface area contributed by atoms with Crippen molar-refractivity contribution >= 4 is 17.1 Å². The van der Waals surface area contributed by atoms with Crippen LogP contribution in [0.5, 0.6) is 0 Å². The maximum atomic E-state index is 10.9. The summed E-state index contributed by atoms with van der Waals surface area (Å²) in [6.45, 7) is 1.88. The lowest BCUT2D eigenvalue weighted by Gasteiger charge is -2.10. The summed E-state index contributed by atoms with van der Waals surface area (Å²) in [7, 11) is 1.63. The van der Waals surface area contributed by atoms with Gasteiger partial charge in [0.2, 0.25) is 0 Å². The fraction of sp³-hybridized carbons (Fsp3) is 0.400. The second kappa shape index (κ2) is 5.32. The lowest BCUT2D eigenvalue weighted by Crippen LogP contribution is -2.16. The molecule has 6 nitrogen and oxygen atoms in total. The van der Waals surface area contributed by atoms with E-state index in [1.165, 1.54) is 0 Å². The molecule has 0 saturated heterocycles. The number of nitrogens with zero attached hydrogens (tertiary/aromatic N) is 1. The van der Waals surface area contributed by atoms with Gasteiger partial charge in [0.15, 0.2) is 0 Å². The number of aliphatic hydroxyl groups is 1. The number of rotatable bonds is 5. The Morgan fingerprint density at radius 1 is 1.50 bits per heavy atom. The van der Waals surface area contributed by atoms with Crippen molar-refractivity contribution in [2.24, 2.45) is 0 Å². The number of para-hydroxylation sites is 1. The van der Waals surface area contributed by atoms with Gasteiger partial charge in [-0.05, 0) is 19.1 Å². The molecule has 1 aromatic rings. The summed E-state index contributed by atoms with van der Waals surface area (Å²) in [6.07, 6.45) is -0.558. The van der Waals surface area contributed by atoms with E-state index < -0.39 is 11.0 Å². The Hall–Kier alpha value is -1.82. The van der Waals surface area contributed by atoms with E-state index in [1.54, 1.807) is 32.2 Å². The number of benzene rings is 1. The van der Waals surface area contributed by atoms with Crippen molar-refractivity contribution in [1.82, 2.24) is 0 Å². The molecule has 0 fully saturated rings. The molecule has 0 radical (unpaired) electrons. The zero-order chi connectivity index (χ0) is 12.1. The van der Waals surface area contributed by atoms with Crippen molar-refractivity contribution in [1.29, 1.82) is 0 Å². The van der Waals surface area contributed by atoms with Crippen LogP contribution in [-0.4, -0.2) is 29.7 Å². The maximum Gasteiger partial charge on any atom is 0.315 e. The van der Waals surface area contributed by atoms with Crippen LogP contribution in [-0.2, 0) is 0 Å². The van der Waals surface area contributed by atoms with Gasteiger partial charge in [0.25, 0.3) is 0 Å². The van der Waals surface area contributed by atoms with Gasteiger partial charge in [-0.25, -0.2) is 0 Å². The summed E-state index contributed by atoms with van der Waals surface area (Å²) in [4.78, 5) is 10.5. The number of aliphatic hydroxyl groups excluding tert-OH is 1. The Morgan fingerprint density at radius 3 is 2.62 bits per heavy atom. The highest BCUT2D eigenvalue weighted by atomic mass is 16.6. The van der Waals surface area contributed by atoms with E-state index >= 15 is 0 Å². The summed E-state index contributed by atoms with van der Waals surface area (Å²) in [5, 5.41) is 25.6. The number of nitro benzene ring substituents is 1. The molecule has 16 heavy (non-hydrogen) atoms. The van der Waals surface area contributed by atoms with Crippen LogP contribution in [0.25, 0.3) is 0 Å². The Labute approximate surface area is 93.4 Å². The summed E-state index contributed by atoms with van der Waals surface area (Å²) in [5.74, 6) is 0. The number of nitrogens with one attached hydrogen (secondary N) is 2. The van der Waals surface area contributed by atoms with Crippen molar-refractivity contribution in [2.75, 3.05) is 24.2 Å². The van der Waals surface area contributed by atoms with E-state index in [2.05, 4.69) is 10.6 Å². The number of anilines is 2. The second-order valence-corrected chi connectivity index (χ2v) is 3.44. The second-order valence-electron chi connectivity index (χ2n) is 3.44. The Bertz CT molecular complexity index is 380. The fourth-order valence-electron chi connectivity index (χ4n) is 1.34. The minimum absolute atomic E-state index is 0.00866. The van der Waals surface area contributed by atoms with E-state index in [0.29, 0.717) is 11.4 Å². The number of hydrogen-bond donors (Lipinski definition) is 3. The quantitative estimate of drug-likeness (QED) is 0.521. The van der Waals surface area contributed by atoms with Gasteiger partial charge in [-0.1, -0.05) is 6.07 Å². The van der Waals surface area contributed by atoms with Gasteiger partial charge >= 0.3 is 5.69 Å². The van der Waals surface area contributed by atoms with Crippen LogP contribution in [0, 0.1) is 10.1 Å². The van der Waals surface area contributed by atoms with Crippen molar-refractivity contribution in [2.45, 2.75) is 13.0 Å². The van der Waals surface area contributed by atoms with Crippen LogP contribution >= 0.6 is 0 Å². The lowest BCUT2D eigenvalue weighted by molar-refractivity contribution is -0.383. The van der Waals surface area contributed by atoms with Crippen LogP contribution < -0.4 is 10.6 Å². The molecule has 0 aliphatic heterocycles. The van der Waals surface area contributed by atoms with Crippen LogP contribution in [0.15, 0.2) is 18.2 Å². The zero-order valence-corrected chi connectivity index (χ0v) is 9.23. The third-order valence-electron chi connectivity index (χ3n) is 2.08.